The average Bonchev–Trinajstić information content (AvgIpc) is 2.54. The van der Waals surface area contributed by atoms with E-state index in [-0.39, 0.29) is 23.7 Å². The minimum absolute atomic E-state index is 0.0372. The second-order valence-electron chi connectivity index (χ2n) is 5.48. The Morgan fingerprint density at radius 3 is 2.65 bits per heavy atom. The van der Waals surface area contributed by atoms with Crippen LogP contribution in [0.25, 0.3) is 0 Å². The first-order valence-electron chi connectivity index (χ1n) is 7.49. The molecule has 1 amide bonds. The first kappa shape index (κ1) is 16.8. The molecule has 1 heterocycles. The van der Waals surface area contributed by atoms with Gasteiger partial charge in [0.2, 0.25) is 0 Å². The number of hydrogen-bond donors (Lipinski definition) is 1. The number of hydrogen-bond acceptors (Lipinski definition) is 5. The summed E-state index contributed by atoms with van der Waals surface area (Å²) in [6.45, 7) is 4.80. The van der Waals surface area contributed by atoms with E-state index < -0.39 is 0 Å². The third kappa shape index (κ3) is 4.24. The maximum absolute atomic E-state index is 12.5. The number of rotatable bonds is 4. The largest absolute Gasteiger partial charge is 0.495 e. The molecule has 1 fully saturated rings. The van der Waals surface area contributed by atoms with Gasteiger partial charge in [0.25, 0.3) is 5.91 Å². The highest BCUT2D eigenvalue weighted by Gasteiger charge is 2.27. The number of anilines is 1. The second kappa shape index (κ2) is 7.65. The molecule has 1 saturated heterocycles. The van der Waals surface area contributed by atoms with Crippen molar-refractivity contribution in [3.63, 3.8) is 0 Å². The van der Waals surface area contributed by atoms with Crippen molar-refractivity contribution >= 4 is 11.6 Å². The van der Waals surface area contributed by atoms with Crippen molar-refractivity contribution in [2.24, 2.45) is 0 Å². The van der Waals surface area contributed by atoms with Crippen LogP contribution in [0.4, 0.5) is 5.69 Å². The van der Waals surface area contributed by atoms with Crippen molar-refractivity contribution in [3.05, 3.63) is 36.0 Å². The van der Waals surface area contributed by atoms with Gasteiger partial charge in [0.05, 0.1) is 25.0 Å². The van der Waals surface area contributed by atoms with Crippen LogP contribution >= 0.6 is 0 Å². The summed E-state index contributed by atoms with van der Waals surface area (Å²) in [5.74, 6) is 0.346. The quantitative estimate of drug-likeness (QED) is 0.681. The zero-order chi connectivity index (χ0) is 16.8. The topological polar surface area (TPSA) is 74.6 Å². The van der Waals surface area contributed by atoms with Gasteiger partial charge in [0.1, 0.15) is 17.4 Å². The van der Waals surface area contributed by atoms with E-state index >= 15 is 0 Å². The van der Waals surface area contributed by atoms with Crippen LogP contribution in [0.5, 0.6) is 5.75 Å². The molecule has 2 unspecified atom stereocenters. The van der Waals surface area contributed by atoms with Crippen LogP contribution in [0.15, 0.2) is 36.0 Å². The number of ether oxygens (including phenoxy) is 2. The van der Waals surface area contributed by atoms with Crippen LogP contribution in [0.2, 0.25) is 0 Å². The van der Waals surface area contributed by atoms with Gasteiger partial charge in [-0.25, -0.2) is 0 Å². The molecule has 1 aliphatic heterocycles. The highest BCUT2D eigenvalue weighted by molar-refractivity contribution is 5.97. The molecular weight excluding hydrogens is 294 g/mol. The summed E-state index contributed by atoms with van der Waals surface area (Å²) in [6.07, 6.45) is 1.35. The predicted octanol–water partition coefficient (Wildman–Crippen LogP) is 2.15. The Labute approximate surface area is 136 Å². The molecule has 0 saturated carbocycles. The predicted molar refractivity (Wildman–Crippen MR) is 86.9 cm³/mol. The van der Waals surface area contributed by atoms with Crippen molar-refractivity contribution < 1.29 is 14.3 Å². The first-order valence-corrected chi connectivity index (χ1v) is 7.49. The Balaban J connectivity index is 2.12. The number of para-hydroxylation sites is 2. The number of benzene rings is 1. The Hall–Kier alpha value is -2.52. The van der Waals surface area contributed by atoms with E-state index in [1.807, 2.05) is 38.1 Å². The van der Waals surface area contributed by atoms with E-state index in [2.05, 4.69) is 5.32 Å². The number of nitrogens with one attached hydrogen (secondary N) is 1. The standard InChI is InChI=1S/C17H21N3O3/c1-12-10-20(11-13(2)23-12)17(21)14(8-18)9-19-15-6-4-5-7-16(15)22-3/h4-7,9,12-13,19H,10-11H2,1-3H3/b14-9-. The summed E-state index contributed by atoms with van der Waals surface area (Å²) in [6, 6.07) is 9.27. The molecule has 0 aromatic heterocycles. The number of nitriles is 1. The molecule has 122 valence electrons. The zero-order valence-corrected chi connectivity index (χ0v) is 13.6. The molecule has 1 N–H and O–H groups in total. The number of nitrogens with zero attached hydrogens (tertiary/aromatic N) is 2. The third-order valence-electron chi connectivity index (χ3n) is 3.54. The summed E-state index contributed by atoms with van der Waals surface area (Å²) >= 11 is 0. The van der Waals surface area contributed by atoms with Gasteiger partial charge in [-0.2, -0.15) is 5.26 Å². The van der Waals surface area contributed by atoms with Crippen molar-refractivity contribution in [3.8, 4) is 11.8 Å². The lowest BCUT2D eigenvalue weighted by atomic mass is 10.2. The molecule has 0 radical (unpaired) electrons. The number of methoxy groups -OCH3 is 1. The van der Waals surface area contributed by atoms with Crippen LogP contribution in [0, 0.1) is 11.3 Å². The molecule has 0 spiro atoms. The lowest BCUT2D eigenvalue weighted by Gasteiger charge is -2.35. The SMILES string of the molecule is COc1ccccc1N/C=C(/C#N)C(=O)N1CC(C)OC(C)C1. The molecule has 23 heavy (non-hydrogen) atoms. The van der Waals surface area contributed by atoms with Crippen molar-refractivity contribution in [2.45, 2.75) is 26.1 Å². The van der Waals surface area contributed by atoms with Crippen molar-refractivity contribution in [2.75, 3.05) is 25.5 Å². The number of carbonyl (C=O) groups excluding carboxylic acids is 1. The Kier molecular flexibility index (Phi) is 5.61. The fourth-order valence-electron chi connectivity index (χ4n) is 2.57. The van der Waals surface area contributed by atoms with Gasteiger partial charge >= 0.3 is 0 Å². The number of morpholine rings is 1. The second-order valence-corrected chi connectivity index (χ2v) is 5.48. The summed E-state index contributed by atoms with van der Waals surface area (Å²) in [4.78, 5) is 14.2. The molecule has 0 bridgehead atoms. The van der Waals surface area contributed by atoms with E-state index in [1.54, 1.807) is 18.1 Å². The Morgan fingerprint density at radius 1 is 1.39 bits per heavy atom. The van der Waals surface area contributed by atoms with Gasteiger partial charge < -0.3 is 19.7 Å². The van der Waals surface area contributed by atoms with Crippen LogP contribution in [0.1, 0.15) is 13.8 Å². The number of amides is 1. The Bertz CT molecular complexity index is 626. The van der Waals surface area contributed by atoms with Crippen molar-refractivity contribution in [1.82, 2.24) is 4.90 Å². The van der Waals surface area contributed by atoms with Crippen LogP contribution in [-0.4, -0.2) is 43.2 Å². The monoisotopic (exact) mass is 315 g/mol. The first-order chi connectivity index (χ1) is 11.0. The molecule has 1 aromatic carbocycles. The Morgan fingerprint density at radius 2 is 2.04 bits per heavy atom. The molecule has 6 heteroatoms. The maximum Gasteiger partial charge on any atom is 0.266 e. The molecule has 0 aliphatic carbocycles. The smallest absolute Gasteiger partial charge is 0.266 e. The van der Waals surface area contributed by atoms with Gasteiger partial charge in [0.15, 0.2) is 0 Å². The van der Waals surface area contributed by atoms with Gasteiger partial charge in [-0.05, 0) is 26.0 Å². The van der Waals surface area contributed by atoms with E-state index in [0.29, 0.717) is 24.5 Å². The van der Waals surface area contributed by atoms with Crippen LogP contribution in [-0.2, 0) is 9.53 Å². The molecular formula is C17H21N3O3. The van der Waals surface area contributed by atoms with Crippen LogP contribution in [0.3, 0.4) is 0 Å². The van der Waals surface area contributed by atoms with E-state index in [1.165, 1.54) is 6.20 Å². The summed E-state index contributed by atoms with van der Waals surface area (Å²) in [5, 5.41) is 12.3. The third-order valence-corrected chi connectivity index (χ3v) is 3.54. The van der Waals surface area contributed by atoms with Crippen LogP contribution < -0.4 is 10.1 Å². The summed E-state index contributed by atoms with van der Waals surface area (Å²) in [7, 11) is 1.57. The average molecular weight is 315 g/mol. The number of carbonyl (C=O) groups is 1. The maximum atomic E-state index is 12.5. The molecule has 2 atom stereocenters. The molecule has 6 nitrogen and oxygen atoms in total. The minimum Gasteiger partial charge on any atom is -0.495 e. The van der Waals surface area contributed by atoms with Gasteiger partial charge in [-0.3, -0.25) is 4.79 Å². The van der Waals surface area contributed by atoms with Gasteiger partial charge in [-0.15, -0.1) is 0 Å². The lowest BCUT2D eigenvalue weighted by Crippen LogP contribution is -2.48. The molecule has 2 rings (SSSR count). The fraction of sp³-hybridized carbons (Fsp3) is 0.412. The fourth-order valence-corrected chi connectivity index (χ4v) is 2.57. The van der Waals surface area contributed by atoms with E-state index in [0.717, 1.165) is 0 Å². The van der Waals surface area contributed by atoms with Gasteiger partial charge in [-0.1, -0.05) is 12.1 Å². The highest BCUT2D eigenvalue weighted by atomic mass is 16.5. The minimum atomic E-state index is -0.295. The van der Waals surface area contributed by atoms with E-state index in [9.17, 15) is 10.1 Å². The van der Waals surface area contributed by atoms with E-state index in [4.69, 9.17) is 9.47 Å². The molecule has 1 aliphatic rings. The highest BCUT2D eigenvalue weighted by Crippen LogP contribution is 2.23. The lowest BCUT2D eigenvalue weighted by molar-refractivity contribution is -0.138. The zero-order valence-electron chi connectivity index (χ0n) is 13.6. The summed E-state index contributed by atoms with van der Waals surface area (Å²) in [5.41, 5.74) is 0.747. The van der Waals surface area contributed by atoms with Gasteiger partial charge in [0, 0.05) is 19.3 Å². The summed E-state index contributed by atoms with van der Waals surface area (Å²) < 4.78 is 10.8. The molecule has 1 aromatic rings. The normalized spacial score (nSPS) is 21.5. The van der Waals surface area contributed by atoms with Crippen molar-refractivity contribution in [1.29, 1.82) is 5.26 Å².